The highest BCUT2D eigenvalue weighted by Gasteiger charge is 2.18. The summed E-state index contributed by atoms with van der Waals surface area (Å²) in [6, 6.07) is 13.0. The van der Waals surface area contributed by atoms with Gasteiger partial charge in [-0.05, 0) is 49.7 Å². The number of nitrogens with one attached hydrogen (secondary N) is 1. The molecule has 1 N–H and O–H groups in total. The second-order valence-corrected chi connectivity index (χ2v) is 6.07. The number of ether oxygens (including phenoxy) is 1. The first kappa shape index (κ1) is 16.4. The number of rotatable bonds is 4. The first-order valence-corrected chi connectivity index (χ1v) is 8.35. The van der Waals surface area contributed by atoms with Crippen LogP contribution in [0.2, 0.25) is 0 Å². The van der Waals surface area contributed by atoms with Crippen LogP contribution in [-0.2, 0) is 0 Å². The fraction of sp³-hybridized carbons (Fsp3) is 0.167. The molecule has 5 nitrogen and oxygen atoms in total. The molecule has 0 radical (unpaired) electrons. The van der Waals surface area contributed by atoms with Gasteiger partial charge in [0.2, 0.25) is 5.88 Å². The molecule has 1 aromatic heterocycles. The number of hydrogen-bond acceptors (Lipinski definition) is 4. The Labute approximate surface area is 148 Å². The van der Waals surface area contributed by atoms with Crippen LogP contribution in [-0.4, -0.2) is 22.5 Å². The molecule has 3 rings (SSSR count). The maximum absolute atomic E-state index is 12.6. The second-order valence-electron chi connectivity index (χ2n) is 5.22. The number of nitrogens with zero attached hydrogens (tertiary/aromatic N) is 2. The summed E-state index contributed by atoms with van der Waals surface area (Å²) in [5.41, 5.74) is 3.24. The molecule has 1 amide bonds. The Morgan fingerprint density at radius 1 is 1.17 bits per heavy atom. The lowest BCUT2D eigenvalue weighted by Gasteiger charge is -2.11. The normalized spacial score (nSPS) is 10.6. The lowest BCUT2D eigenvalue weighted by molar-refractivity contribution is 0.101. The number of carbonyl (C=O) groups is 1. The van der Waals surface area contributed by atoms with Gasteiger partial charge in [-0.1, -0.05) is 28.1 Å². The minimum Gasteiger partial charge on any atom is -0.476 e. The predicted octanol–water partition coefficient (Wildman–Crippen LogP) is 4.35. The molecule has 2 aromatic carbocycles. The van der Waals surface area contributed by atoms with E-state index in [0.29, 0.717) is 23.3 Å². The minimum atomic E-state index is -0.349. The molecule has 6 heteroatoms. The first-order chi connectivity index (χ1) is 11.6. The quantitative estimate of drug-likeness (QED) is 0.724. The number of benzene rings is 2. The number of aryl methyl sites for hydroxylation is 1. The number of amides is 1. The number of fused-ring (bicyclic) bond motifs is 1. The molecule has 0 aliphatic rings. The molecule has 0 aliphatic carbocycles. The summed E-state index contributed by atoms with van der Waals surface area (Å²) in [6.45, 7) is 4.21. The highest BCUT2D eigenvalue weighted by Crippen LogP contribution is 2.23. The van der Waals surface area contributed by atoms with Gasteiger partial charge in [0.25, 0.3) is 5.91 Å². The lowest BCUT2D eigenvalue weighted by Crippen LogP contribution is -2.16. The van der Waals surface area contributed by atoms with Gasteiger partial charge in [-0.25, -0.2) is 9.97 Å². The largest absolute Gasteiger partial charge is 0.476 e. The number of para-hydroxylation sites is 2. The van der Waals surface area contributed by atoms with Crippen molar-refractivity contribution in [3.63, 3.8) is 0 Å². The summed E-state index contributed by atoms with van der Waals surface area (Å²) < 4.78 is 6.49. The van der Waals surface area contributed by atoms with Crippen LogP contribution >= 0.6 is 15.9 Å². The van der Waals surface area contributed by atoms with Gasteiger partial charge in [0.15, 0.2) is 5.69 Å². The zero-order valence-electron chi connectivity index (χ0n) is 13.3. The zero-order chi connectivity index (χ0) is 17.1. The van der Waals surface area contributed by atoms with E-state index in [-0.39, 0.29) is 17.5 Å². The number of hydrogen-bond donors (Lipinski definition) is 1. The van der Waals surface area contributed by atoms with E-state index < -0.39 is 0 Å². The average molecular weight is 386 g/mol. The maximum atomic E-state index is 12.6. The van der Waals surface area contributed by atoms with Gasteiger partial charge in [-0.15, -0.1) is 0 Å². The third-order valence-corrected chi connectivity index (χ3v) is 4.34. The highest BCUT2D eigenvalue weighted by atomic mass is 79.9. The lowest BCUT2D eigenvalue weighted by atomic mass is 10.2. The molecule has 1 heterocycles. The molecule has 0 fully saturated rings. The Bertz CT molecular complexity index is 912. The van der Waals surface area contributed by atoms with Crippen molar-refractivity contribution in [3.05, 3.63) is 58.2 Å². The smallest absolute Gasteiger partial charge is 0.279 e. The average Bonchev–Trinajstić information content (AvgIpc) is 2.58. The van der Waals surface area contributed by atoms with Crippen molar-refractivity contribution >= 4 is 38.6 Å². The van der Waals surface area contributed by atoms with E-state index >= 15 is 0 Å². The molecule has 0 aliphatic heterocycles. The van der Waals surface area contributed by atoms with Crippen molar-refractivity contribution in [1.29, 1.82) is 0 Å². The summed E-state index contributed by atoms with van der Waals surface area (Å²) in [7, 11) is 0. The SMILES string of the molecule is CCOc1nc2ccccc2nc1C(=O)Nc1ccc(Br)c(C)c1. The molecular weight excluding hydrogens is 370 g/mol. The van der Waals surface area contributed by atoms with Crippen molar-refractivity contribution in [2.75, 3.05) is 11.9 Å². The van der Waals surface area contributed by atoms with Gasteiger partial charge < -0.3 is 10.1 Å². The first-order valence-electron chi connectivity index (χ1n) is 7.55. The third kappa shape index (κ3) is 3.38. The fourth-order valence-electron chi connectivity index (χ4n) is 2.28. The molecule has 122 valence electrons. The van der Waals surface area contributed by atoms with Crippen molar-refractivity contribution in [1.82, 2.24) is 9.97 Å². The Hall–Kier alpha value is -2.47. The summed E-state index contributed by atoms with van der Waals surface area (Å²) >= 11 is 3.44. The molecule has 3 aromatic rings. The van der Waals surface area contributed by atoms with Crippen LogP contribution in [0.15, 0.2) is 46.9 Å². The molecule has 24 heavy (non-hydrogen) atoms. The highest BCUT2D eigenvalue weighted by molar-refractivity contribution is 9.10. The van der Waals surface area contributed by atoms with E-state index in [1.165, 1.54) is 0 Å². The summed E-state index contributed by atoms with van der Waals surface area (Å²) in [4.78, 5) is 21.5. The van der Waals surface area contributed by atoms with Crippen molar-refractivity contribution in [2.24, 2.45) is 0 Å². The van der Waals surface area contributed by atoms with Crippen LogP contribution in [0.5, 0.6) is 5.88 Å². The van der Waals surface area contributed by atoms with Crippen molar-refractivity contribution in [2.45, 2.75) is 13.8 Å². The molecule has 0 saturated heterocycles. The van der Waals surface area contributed by atoms with Crippen LogP contribution in [0, 0.1) is 6.92 Å². The number of aromatic nitrogens is 2. The molecular formula is C18H16BrN3O2. The van der Waals surface area contributed by atoms with Crippen LogP contribution in [0.25, 0.3) is 11.0 Å². The van der Waals surface area contributed by atoms with Crippen LogP contribution in [0.1, 0.15) is 23.0 Å². The van der Waals surface area contributed by atoms with E-state index in [4.69, 9.17) is 4.74 Å². The monoisotopic (exact) mass is 385 g/mol. The molecule has 0 atom stereocenters. The van der Waals surface area contributed by atoms with E-state index in [1.807, 2.05) is 56.3 Å². The second kappa shape index (κ2) is 6.97. The number of halogens is 1. The Morgan fingerprint density at radius 3 is 2.54 bits per heavy atom. The fourth-order valence-corrected chi connectivity index (χ4v) is 2.53. The van der Waals surface area contributed by atoms with Gasteiger partial charge in [0.1, 0.15) is 0 Å². The molecule has 0 bridgehead atoms. The summed E-state index contributed by atoms with van der Waals surface area (Å²) in [5.74, 6) is -0.110. The van der Waals surface area contributed by atoms with E-state index in [9.17, 15) is 4.79 Å². The van der Waals surface area contributed by atoms with Crippen LogP contribution in [0.4, 0.5) is 5.69 Å². The van der Waals surface area contributed by atoms with E-state index in [0.717, 1.165) is 10.0 Å². The Kier molecular flexibility index (Phi) is 4.76. The molecule has 0 unspecified atom stereocenters. The predicted molar refractivity (Wildman–Crippen MR) is 97.5 cm³/mol. The zero-order valence-corrected chi connectivity index (χ0v) is 14.9. The molecule has 0 spiro atoms. The maximum Gasteiger partial charge on any atom is 0.279 e. The van der Waals surface area contributed by atoms with Gasteiger partial charge in [0, 0.05) is 10.2 Å². The number of anilines is 1. The van der Waals surface area contributed by atoms with Crippen LogP contribution in [0.3, 0.4) is 0 Å². The standard InChI is InChI=1S/C18H16BrN3O2/c1-3-24-18-16(21-14-6-4-5-7-15(14)22-18)17(23)20-12-8-9-13(19)11(2)10-12/h4-10H,3H2,1-2H3,(H,20,23). The van der Waals surface area contributed by atoms with Crippen molar-refractivity contribution < 1.29 is 9.53 Å². The van der Waals surface area contributed by atoms with E-state index in [1.54, 1.807) is 0 Å². The Morgan fingerprint density at radius 2 is 1.88 bits per heavy atom. The van der Waals surface area contributed by atoms with Gasteiger partial charge in [-0.3, -0.25) is 4.79 Å². The topological polar surface area (TPSA) is 64.1 Å². The van der Waals surface area contributed by atoms with Gasteiger partial charge >= 0.3 is 0 Å². The van der Waals surface area contributed by atoms with E-state index in [2.05, 4.69) is 31.2 Å². The van der Waals surface area contributed by atoms with Crippen LogP contribution < -0.4 is 10.1 Å². The minimum absolute atomic E-state index is 0.177. The van der Waals surface area contributed by atoms with Crippen molar-refractivity contribution in [3.8, 4) is 5.88 Å². The van der Waals surface area contributed by atoms with Gasteiger partial charge in [0.05, 0.1) is 17.6 Å². The number of carbonyl (C=O) groups excluding carboxylic acids is 1. The summed E-state index contributed by atoms with van der Waals surface area (Å²) in [6.07, 6.45) is 0. The van der Waals surface area contributed by atoms with Gasteiger partial charge in [-0.2, -0.15) is 0 Å². The summed E-state index contributed by atoms with van der Waals surface area (Å²) in [5, 5.41) is 2.85. The Balaban J connectivity index is 1.98. The third-order valence-electron chi connectivity index (χ3n) is 3.45. The molecule has 0 saturated carbocycles.